The molecule has 3 heterocycles. The van der Waals surface area contributed by atoms with Gasteiger partial charge in [0.2, 0.25) is 0 Å². The Hall–Kier alpha value is -2.86. The average molecular weight is 393 g/mol. The van der Waals surface area contributed by atoms with Gasteiger partial charge in [0.1, 0.15) is 17.2 Å². The second kappa shape index (κ2) is 8.66. The van der Waals surface area contributed by atoms with Gasteiger partial charge in [-0.05, 0) is 69.5 Å². The van der Waals surface area contributed by atoms with Crippen molar-refractivity contribution >= 4 is 16.8 Å². The van der Waals surface area contributed by atoms with E-state index >= 15 is 0 Å². The van der Waals surface area contributed by atoms with Crippen LogP contribution in [0.1, 0.15) is 37.2 Å². The first-order chi connectivity index (χ1) is 14.1. The minimum Gasteiger partial charge on any atom is -0.457 e. The Balaban J connectivity index is 1.36. The molecular weight excluding hydrogens is 364 g/mol. The van der Waals surface area contributed by atoms with Crippen LogP contribution in [0.25, 0.3) is 10.9 Å². The number of ether oxygens (including phenoxy) is 1. The summed E-state index contributed by atoms with van der Waals surface area (Å²) in [5, 5.41) is 4.13. The van der Waals surface area contributed by atoms with E-state index < -0.39 is 0 Å². The lowest BCUT2D eigenvalue weighted by atomic mass is 9.97. The number of benzene rings is 1. The number of pyridine rings is 1. The molecule has 1 aromatic carbocycles. The molecule has 6 nitrogen and oxygen atoms in total. The third-order valence-electron chi connectivity index (χ3n) is 5.56. The molecule has 0 bridgehead atoms. The van der Waals surface area contributed by atoms with Crippen LogP contribution >= 0.6 is 0 Å². The van der Waals surface area contributed by atoms with E-state index in [0.717, 1.165) is 36.2 Å². The number of hydrogen-bond donors (Lipinski definition) is 2. The van der Waals surface area contributed by atoms with E-state index in [2.05, 4.69) is 34.0 Å². The van der Waals surface area contributed by atoms with Gasteiger partial charge in [0.25, 0.3) is 5.91 Å². The number of aromatic amines is 1. The molecule has 1 saturated heterocycles. The summed E-state index contributed by atoms with van der Waals surface area (Å²) in [4.78, 5) is 22.5. The maximum atomic E-state index is 12.6. The highest BCUT2D eigenvalue weighted by atomic mass is 16.5. The van der Waals surface area contributed by atoms with Gasteiger partial charge >= 0.3 is 0 Å². The predicted molar refractivity (Wildman–Crippen MR) is 114 cm³/mol. The van der Waals surface area contributed by atoms with Crippen molar-refractivity contribution in [2.24, 2.45) is 5.92 Å². The minimum absolute atomic E-state index is 0.154. The maximum Gasteiger partial charge on any atom is 0.270 e. The fraction of sp³-hybridized carbons (Fsp3) is 0.391. The predicted octanol–water partition coefficient (Wildman–Crippen LogP) is 4.21. The Morgan fingerprint density at radius 1 is 1.28 bits per heavy atom. The number of fused-ring (bicyclic) bond motifs is 1. The summed E-state index contributed by atoms with van der Waals surface area (Å²) < 4.78 is 5.94. The van der Waals surface area contributed by atoms with Crippen LogP contribution in [-0.4, -0.2) is 46.5 Å². The van der Waals surface area contributed by atoms with Crippen LogP contribution in [0.4, 0.5) is 0 Å². The topological polar surface area (TPSA) is 70.2 Å². The van der Waals surface area contributed by atoms with E-state index in [-0.39, 0.29) is 5.91 Å². The molecule has 0 unspecified atom stereocenters. The molecule has 2 N–H and O–H groups in total. The monoisotopic (exact) mass is 392 g/mol. The van der Waals surface area contributed by atoms with Gasteiger partial charge in [-0.3, -0.25) is 9.78 Å². The van der Waals surface area contributed by atoms with Gasteiger partial charge in [0.15, 0.2) is 0 Å². The Morgan fingerprint density at radius 3 is 3.00 bits per heavy atom. The summed E-state index contributed by atoms with van der Waals surface area (Å²) in [6.45, 7) is 7.32. The number of carbonyl (C=O) groups excluding carboxylic acids is 1. The van der Waals surface area contributed by atoms with Crippen molar-refractivity contribution in [1.82, 2.24) is 20.2 Å². The lowest BCUT2D eigenvalue weighted by Gasteiger charge is -2.35. The lowest BCUT2D eigenvalue weighted by Crippen LogP contribution is -2.43. The number of nitrogens with one attached hydrogen (secondary N) is 2. The van der Waals surface area contributed by atoms with E-state index in [1.807, 2.05) is 30.5 Å². The van der Waals surface area contributed by atoms with Crippen LogP contribution in [0.2, 0.25) is 0 Å². The minimum atomic E-state index is -0.154. The SMILES string of the molecule is CC(C)N1CCC[C@H](CNC(=O)c2cc(Oc3ccc4[nH]ccc4c3)ccn2)C1. The van der Waals surface area contributed by atoms with Crippen molar-refractivity contribution in [3.63, 3.8) is 0 Å². The van der Waals surface area contributed by atoms with Gasteiger partial charge in [-0.25, -0.2) is 0 Å². The Labute approximate surface area is 171 Å². The highest BCUT2D eigenvalue weighted by Gasteiger charge is 2.22. The molecule has 2 aromatic heterocycles. The molecule has 0 saturated carbocycles. The molecule has 0 spiro atoms. The maximum absolute atomic E-state index is 12.6. The van der Waals surface area contributed by atoms with Gasteiger partial charge in [0.05, 0.1) is 0 Å². The Kier molecular flexibility index (Phi) is 5.81. The number of amides is 1. The van der Waals surface area contributed by atoms with Crippen molar-refractivity contribution in [3.05, 3.63) is 54.5 Å². The van der Waals surface area contributed by atoms with Gasteiger partial charge in [-0.15, -0.1) is 0 Å². The van der Waals surface area contributed by atoms with E-state index in [4.69, 9.17) is 4.74 Å². The van der Waals surface area contributed by atoms with Crippen LogP contribution in [0.5, 0.6) is 11.5 Å². The molecule has 29 heavy (non-hydrogen) atoms. The molecule has 1 aliphatic rings. The first kappa shape index (κ1) is 19.5. The largest absolute Gasteiger partial charge is 0.457 e. The third-order valence-corrected chi connectivity index (χ3v) is 5.56. The van der Waals surface area contributed by atoms with Crippen LogP contribution in [0, 0.1) is 5.92 Å². The summed E-state index contributed by atoms with van der Waals surface area (Å²) in [6.07, 6.45) is 5.85. The quantitative estimate of drug-likeness (QED) is 0.659. The summed E-state index contributed by atoms with van der Waals surface area (Å²) in [5.41, 5.74) is 1.44. The van der Waals surface area contributed by atoms with Gasteiger partial charge in [-0.2, -0.15) is 0 Å². The molecule has 3 aromatic rings. The normalized spacial score (nSPS) is 17.6. The number of aromatic nitrogens is 2. The second-order valence-corrected chi connectivity index (χ2v) is 8.01. The fourth-order valence-electron chi connectivity index (χ4n) is 3.89. The van der Waals surface area contributed by atoms with Crippen molar-refractivity contribution in [3.8, 4) is 11.5 Å². The number of H-pyrrole nitrogens is 1. The first-order valence-electron chi connectivity index (χ1n) is 10.3. The Bertz CT molecular complexity index is 982. The fourth-order valence-corrected chi connectivity index (χ4v) is 3.89. The second-order valence-electron chi connectivity index (χ2n) is 8.01. The summed E-state index contributed by atoms with van der Waals surface area (Å²) >= 11 is 0. The number of piperidine rings is 1. The van der Waals surface area contributed by atoms with E-state index in [0.29, 0.717) is 29.9 Å². The third kappa shape index (κ3) is 4.77. The summed E-state index contributed by atoms with van der Waals surface area (Å²) in [6, 6.07) is 11.9. The molecule has 1 aliphatic heterocycles. The zero-order valence-electron chi connectivity index (χ0n) is 17.0. The van der Waals surface area contributed by atoms with Crippen LogP contribution < -0.4 is 10.1 Å². The number of carbonyl (C=O) groups is 1. The van der Waals surface area contributed by atoms with Crippen molar-refractivity contribution in [1.29, 1.82) is 0 Å². The molecule has 1 atom stereocenters. The molecule has 0 aliphatic carbocycles. The van der Waals surface area contributed by atoms with Gasteiger partial charge in [0, 0.05) is 48.5 Å². The van der Waals surface area contributed by atoms with Crippen molar-refractivity contribution in [2.75, 3.05) is 19.6 Å². The zero-order chi connectivity index (χ0) is 20.2. The number of nitrogens with zero attached hydrogens (tertiary/aromatic N) is 2. The number of likely N-dealkylation sites (tertiary alicyclic amines) is 1. The zero-order valence-corrected chi connectivity index (χ0v) is 17.0. The van der Waals surface area contributed by atoms with Gasteiger partial charge < -0.3 is 19.9 Å². The smallest absolute Gasteiger partial charge is 0.270 e. The van der Waals surface area contributed by atoms with Crippen molar-refractivity contribution in [2.45, 2.75) is 32.7 Å². The number of rotatable bonds is 6. The van der Waals surface area contributed by atoms with E-state index in [9.17, 15) is 4.79 Å². The lowest BCUT2D eigenvalue weighted by molar-refractivity contribution is 0.0917. The summed E-state index contributed by atoms with van der Waals surface area (Å²) in [7, 11) is 0. The molecular formula is C23H28N4O2. The van der Waals surface area contributed by atoms with Gasteiger partial charge in [-0.1, -0.05) is 0 Å². The van der Waals surface area contributed by atoms with Crippen LogP contribution in [0.3, 0.4) is 0 Å². The Morgan fingerprint density at radius 2 is 2.14 bits per heavy atom. The van der Waals surface area contributed by atoms with Crippen LogP contribution in [-0.2, 0) is 0 Å². The molecule has 4 rings (SSSR count). The molecule has 6 heteroatoms. The highest BCUT2D eigenvalue weighted by molar-refractivity contribution is 5.92. The average Bonchev–Trinajstić information content (AvgIpc) is 3.20. The highest BCUT2D eigenvalue weighted by Crippen LogP contribution is 2.25. The molecule has 1 fully saturated rings. The number of hydrogen-bond acceptors (Lipinski definition) is 4. The van der Waals surface area contributed by atoms with E-state index in [1.54, 1.807) is 18.3 Å². The first-order valence-corrected chi connectivity index (χ1v) is 10.3. The standard InChI is InChI=1S/C23H28N4O2/c1-16(2)27-11-3-4-17(15-27)14-26-23(28)22-13-20(8-10-25-22)29-19-5-6-21-18(12-19)7-9-24-21/h5-10,12-13,16-17,24H,3-4,11,14-15H2,1-2H3,(H,26,28)/t17-/m1/s1. The molecule has 1 amide bonds. The molecule has 152 valence electrons. The van der Waals surface area contributed by atoms with E-state index in [1.165, 1.54) is 6.42 Å². The molecule has 0 radical (unpaired) electrons. The van der Waals surface area contributed by atoms with Crippen LogP contribution in [0.15, 0.2) is 48.8 Å². The van der Waals surface area contributed by atoms with Crippen molar-refractivity contribution < 1.29 is 9.53 Å². The summed E-state index contributed by atoms with van der Waals surface area (Å²) in [5.74, 6) is 1.66.